The van der Waals surface area contributed by atoms with Gasteiger partial charge in [0.25, 0.3) is 0 Å². The van der Waals surface area contributed by atoms with E-state index in [1.165, 1.54) is 0 Å². The van der Waals surface area contributed by atoms with E-state index in [2.05, 4.69) is 0 Å². The first-order chi connectivity index (χ1) is 12.9. The third kappa shape index (κ3) is 3.80. The van der Waals surface area contributed by atoms with Gasteiger partial charge in [-0.05, 0) is 51.0 Å². The minimum atomic E-state index is 0.000362. The summed E-state index contributed by atoms with van der Waals surface area (Å²) in [5.74, 6) is 0.0568. The smallest absolute Gasteiger partial charge is 0.242 e. The zero-order valence-electron chi connectivity index (χ0n) is 16.5. The monoisotopic (exact) mass is 362 g/mol. The largest absolute Gasteiger partial charge is 0.342 e. The molecular formula is C23H26N2O2. The van der Waals surface area contributed by atoms with Crippen LogP contribution in [0.25, 0.3) is 22.0 Å². The van der Waals surface area contributed by atoms with Crippen LogP contribution in [0.2, 0.25) is 0 Å². The first kappa shape index (κ1) is 18.9. The molecule has 4 heteroatoms. The highest BCUT2D eigenvalue weighted by Crippen LogP contribution is 2.21. The molecule has 0 bridgehead atoms. The van der Waals surface area contributed by atoms with Gasteiger partial charge in [0.2, 0.25) is 5.91 Å². The maximum Gasteiger partial charge on any atom is 0.242 e. The number of carbonyl (C=O) groups excluding carboxylic acids is 1. The molecule has 0 aliphatic carbocycles. The highest BCUT2D eigenvalue weighted by molar-refractivity contribution is 5.86. The standard InChI is InChI=1S/C23H26N2O2/c1-5-24(6-2)22(26)15-25-14-20(18-10-7-16(3)8-11-18)23(27)19-12-9-17(4)13-21(19)25/h7-14H,5-6,15H2,1-4H3. The number of pyridine rings is 1. The molecule has 0 atom stereocenters. The summed E-state index contributed by atoms with van der Waals surface area (Å²) >= 11 is 0. The zero-order chi connectivity index (χ0) is 19.6. The van der Waals surface area contributed by atoms with Gasteiger partial charge in [-0.3, -0.25) is 9.59 Å². The first-order valence-corrected chi connectivity index (χ1v) is 9.43. The molecule has 0 fully saturated rings. The number of benzene rings is 2. The van der Waals surface area contributed by atoms with Crippen LogP contribution in [0.3, 0.4) is 0 Å². The minimum absolute atomic E-state index is 0.000362. The Morgan fingerprint density at radius 3 is 2.22 bits per heavy atom. The van der Waals surface area contributed by atoms with Crippen LogP contribution in [0.1, 0.15) is 25.0 Å². The van der Waals surface area contributed by atoms with Crippen LogP contribution in [0.4, 0.5) is 0 Å². The predicted molar refractivity (Wildman–Crippen MR) is 111 cm³/mol. The van der Waals surface area contributed by atoms with Gasteiger partial charge in [-0.1, -0.05) is 35.9 Å². The quantitative estimate of drug-likeness (QED) is 0.684. The number of hydrogen-bond donors (Lipinski definition) is 0. The molecule has 1 heterocycles. The molecule has 1 aromatic heterocycles. The highest BCUT2D eigenvalue weighted by atomic mass is 16.2. The molecule has 4 nitrogen and oxygen atoms in total. The maximum absolute atomic E-state index is 13.1. The van der Waals surface area contributed by atoms with E-state index in [-0.39, 0.29) is 17.9 Å². The Morgan fingerprint density at radius 1 is 0.963 bits per heavy atom. The average molecular weight is 362 g/mol. The van der Waals surface area contributed by atoms with E-state index in [0.29, 0.717) is 24.0 Å². The molecular weight excluding hydrogens is 336 g/mol. The summed E-state index contributed by atoms with van der Waals surface area (Å²) in [5.41, 5.74) is 4.51. The molecule has 3 rings (SSSR count). The number of fused-ring (bicyclic) bond motifs is 1. The van der Waals surface area contributed by atoms with Crippen molar-refractivity contribution in [3.8, 4) is 11.1 Å². The minimum Gasteiger partial charge on any atom is -0.342 e. The molecule has 1 amide bonds. The van der Waals surface area contributed by atoms with E-state index in [9.17, 15) is 9.59 Å². The molecule has 0 unspecified atom stereocenters. The van der Waals surface area contributed by atoms with Crippen molar-refractivity contribution in [2.24, 2.45) is 0 Å². The number of aromatic nitrogens is 1. The number of amides is 1. The van der Waals surface area contributed by atoms with Crippen LogP contribution in [-0.4, -0.2) is 28.5 Å². The Bertz CT molecular complexity index is 1030. The fourth-order valence-electron chi connectivity index (χ4n) is 3.39. The van der Waals surface area contributed by atoms with Crippen LogP contribution in [0, 0.1) is 13.8 Å². The Morgan fingerprint density at radius 2 is 1.59 bits per heavy atom. The average Bonchev–Trinajstić information content (AvgIpc) is 2.65. The normalized spacial score (nSPS) is 11.0. The lowest BCUT2D eigenvalue weighted by molar-refractivity contribution is -0.131. The second kappa shape index (κ2) is 7.78. The van der Waals surface area contributed by atoms with Crippen molar-refractivity contribution in [2.45, 2.75) is 34.2 Å². The summed E-state index contributed by atoms with van der Waals surface area (Å²) in [7, 11) is 0. The van der Waals surface area contributed by atoms with Crippen molar-refractivity contribution < 1.29 is 4.79 Å². The molecule has 0 saturated carbocycles. The first-order valence-electron chi connectivity index (χ1n) is 9.43. The fourth-order valence-corrected chi connectivity index (χ4v) is 3.39. The third-order valence-electron chi connectivity index (χ3n) is 5.02. The van der Waals surface area contributed by atoms with Crippen molar-refractivity contribution in [1.29, 1.82) is 0 Å². The van der Waals surface area contributed by atoms with Crippen LogP contribution >= 0.6 is 0 Å². The number of nitrogens with zero attached hydrogens (tertiary/aromatic N) is 2. The second-order valence-electron chi connectivity index (χ2n) is 6.95. The fraction of sp³-hybridized carbons (Fsp3) is 0.304. The number of likely N-dealkylation sites (N-methyl/N-ethyl adjacent to an activating group) is 1. The van der Waals surface area contributed by atoms with E-state index in [1.807, 2.05) is 85.8 Å². The second-order valence-corrected chi connectivity index (χ2v) is 6.95. The van der Waals surface area contributed by atoms with E-state index in [1.54, 1.807) is 0 Å². The van der Waals surface area contributed by atoms with Gasteiger partial charge in [-0.25, -0.2) is 0 Å². The number of carbonyl (C=O) groups is 1. The Balaban J connectivity index is 2.20. The van der Waals surface area contributed by atoms with E-state index in [0.717, 1.165) is 22.2 Å². The summed E-state index contributed by atoms with van der Waals surface area (Å²) in [6.07, 6.45) is 1.83. The SMILES string of the molecule is CCN(CC)C(=O)Cn1cc(-c2ccc(C)cc2)c(=O)c2ccc(C)cc21. The molecule has 140 valence electrons. The molecule has 0 aliphatic rings. The lowest BCUT2D eigenvalue weighted by Gasteiger charge is -2.21. The molecule has 0 spiro atoms. The number of rotatable bonds is 5. The Hall–Kier alpha value is -2.88. The topological polar surface area (TPSA) is 42.3 Å². The Kier molecular flexibility index (Phi) is 5.45. The van der Waals surface area contributed by atoms with Crippen molar-refractivity contribution in [3.63, 3.8) is 0 Å². The van der Waals surface area contributed by atoms with Crippen LogP contribution in [0.15, 0.2) is 53.5 Å². The van der Waals surface area contributed by atoms with Crippen molar-refractivity contribution >= 4 is 16.8 Å². The summed E-state index contributed by atoms with van der Waals surface area (Å²) in [6, 6.07) is 13.7. The molecule has 0 saturated heterocycles. The van der Waals surface area contributed by atoms with Gasteiger partial charge in [0, 0.05) is 30.2 Å². The van der Waals surface area contributed by atoms with E-state index in [4.69, 9.17) is 0 Å². The lowest BCUT2D eigenvalue weighted by atomic mass is 10.0. The third-order valence-corrected chi connectivity index (χ3v) is 5.02. The molecule has 27 heavy (non-hydrogen) atoms. The summed E-state index contributed by atoms with van der Waals surface area (Å²) in [4.78, 5) is 27.6. The molecule has 0 radical (unpaired) electrons. The van der Waals surface area contributed by atoms with Crippen LogP contribution in [-0.2, 0) is 11.3 Å². The maximum atomic E-state index is 13.1. The summed E-state index contributed by atoms with van der Waals surface area (Å²) in [5, 5.41) is 0.644. The molecule has 3 aromatic rings. The highest BCUT2D eigenvalue weighted by Gasteiger charge is 2.15. The summed E-state index contributed by atoms with van der Waals surface area (Å²) < 4.78 is 1.92. The predicted octanol–water partition coefficient (Wildman–Crippen LogP) is 4.15. The van der Waals surface area contributed by atoms with E-state index >= 15 is 0 Å². The van der Waals surface area contributed by atoms with Crippen molar-refractivity contribution in [3.05, 3.63) is 70.0 Å². The lowest BCUT2D eigenvalue weighted by Crippen LogP contribution is -2.33. The van der Waals surface area contributed by atoms with Crippen molar-refractivity contribution in [1.82, 2.24) is 9.47 Å². The number of hydrogen-bond acceptors (Lipinski definition) is 2. The van der Waals surface area contributed by atoms with Gasteiger partial charge >= 0.3 is 0 Å². The Labute approximate surface area is 160 Å². The zero-order valence-corrected chi connectivity index (χ0v) is 16.5. The van der Waals surface area contributed by atoms with Crippen LogP contribution in [0.5, 0.6) is 0 Å². The van der Waals surface area contributed by atoms with Gasteiger partial charge in [-0.15, -0.1) is 0 Å². The van der Waals surface area contributed by atoms with Crippen LogP contribution < -0.4 is 5.43 Å². The van der Waals surface area contributed by atoms with Gasteiger partial charge < -0.3 is 9.47 Å². The molecule has 0 aliphatic heterocycles. The molecule has 0 N–H and O–H groups in total. The van der Waals surface area contributed by atoms with Gasteiger partial charge in [0.15, 0.2) is 5.43 Å². The van der Waals surface area contributed by atoms with Gasteiger partial charge in [-0.2, -0.15) is 0 Å². The van der Waals surface area contributed by atoms with E-state index < -0.39 is 0 Å². The van der Waals surface area contributed by atoms with Gasteiger partial charge in [0.1, 0.15) is 6.54 Å². The molecule has 2 aromatic carbocycles. The number of aryl methyl sites for hydroxylation is 2. The summed E-state index contributed by atoms with van der Waals surface area (Å²) in [6.45, 7) is 9.55. The van der Waals surface area contributed by atoms with Crippen molar-refractivity contribution in [2.75, 3.05) is 13.1 Å². The van der Waals surface area contributed by atoms with Gasteiger partial charge in [0.05, 0.1) is 5.52 Å².